The molecule has 0 atom stereocenters. The molecule has 0 aromatic carbocycles. The molecule has 0 spiro atoms. The van der Waals surface area contributed by atoms with E-state index in [9.17, 15) is 0 Å². The van der Waals surface area contributed by atoms with Crippen LogP contribution in [0.2, 0.25) is 0 Å². The summed E-state index contributed by atoms with van der Waals surface area (Å²) in [6.45, 7) is 5.85. The van der Waals surface area contributed by atoms with Crippen LogP contribution in [-0.2, 0) is 0 Å². The largest absolute Gasteiger partial charge is 0.314 e. The van der Waals surface area contributed by atoms with E-state index < -0.39 is 0 Å². The third-order valence-electron chi connectivity index (χ3n) is 2.67. The van der Waals surface area contributed by atoms with Crippen molar-refractivity contribution in [2.24, 2.45) is 5.92 Å². The first kappa shape index (κ1) is 10.0. The smallest absolute Gasteiger partial charge is 0.00683 e. The Labute approximate surface area is 76.9 Å². The first-order chi connectivity index (χ1) is 5.86. The fraction of sp³-hybridized carbons (Fsp3) is 1.00. The van der Waals surface area contributed by atoms with Gasteiger partial charge in [-0.1, -0.05) is 26.7 Å². The van der Waals surface area contributed by atoms with Gasteiger partial charge in [0.05, 0.1) is 0 Å². The highest BCUT2D eigenvalue weighted by atomic mass is 14.9. The summed E-state index contributed by atoms with van der Waals surface area (Å²) in [5.41, 5.74) is 0. The molecular weight excluding hydrogens is 146 g/mol. The molecule has 1 aliphatic carbocycles. The molecule has 1 fully saturated rings. The van der Waals surface area contributed by atoms with E-state index in [1.807, 2.05) is 0 Å². The van der Waals surface area contributed by atoms with Crippen LogP contribution in [0.5, 0.6) is 0 Å². The van der Waals surface area contributed by atoms with Crippen LogP contribution in [0, 0.1) is 5.92 Å². The SMILES string of the molecule is CCCC(CCC)CNC1CC1. The number of hydrogen-bond acceptors (Lipinski definition) is 1. The van der Waals surface area contributed by atoms with E-state index in [0.717, 1.165) is 12.0 Å². The second-order valence-corrected chi connectivity index (χ2v) is 4.13. The normalized spacial score (nSPS) is 17.2. The standard InChI is InChI=1S/C11H23N/c1-3-5-10(6-4-2)9-12-11-7-8-11/h10-12H,3-9H2,1-2H3. The van der Waals surface area contributed by atoms with Crippen molar-refractivity contribution < 1.29 is 0 Å². The zero-order chi connectivity index (χ0) is 8.81. The maximum atomic E-state index is 3.63. The zero-order valence-electron chi connectivity index (χ0n) is 8.60. The summed E-state index contributed by atoms with van der Waals surface area (Å²) in [5, 5.41) is 3.63. The zero-order valence-corrected chi connectivity index (χ0v) is 8.60. The Balaban J connectivity index is 2.03. The lowest BCUT2D eigenvalue weighted by Crippen LogP contribution is -2.24. The molecule has 0 heterocycles. The lowest BCUT2D eigenvalue weighted by atomic mass is 9.98. The summed E-state index contributed by atoms with van der Waals surface area (Å²) in [4.78, 5) is 0. The molecule has 0 aromatic rings. The Morgan fingerprint density at radius 2 is 1.75 bits per heavy atom. The Hall–Kier alpha value is -0.0400. The maximum Gasteiger partial charge on any atom is 0.00683 e. The van der Waals surface area contributed by atoms with Gasteiger partial charge in [0.1, 0.15) is 0 Å². The Kier molecular flexibility index (Phi) is 4.67. The van der Waals surface area contributed by atoms with Gasteiger partial charge < -0.3 is 5.32 Å². The average Bonchev–Trinajstić information content (AvgIpc) is 2.84. The molecule has 1 nitrogen and oxygen atoms in total. The Bertz CT molecular complexity index is 102. The predicted molar refractivity (Wildman–Crippen MR) is 54.3 cm³/mol. The first-order valence-electron chi connectivity index (χ1n) is 5.60. The van der Waals surface area contributed by atoms with Gasteiger partial charge in [0, 0.05) is 6.04 Å². The first-order valence-corrected chi connectivity index (χ1v) is 5.60. The van der Waals surface area contributed by atoms with Crippen LogP contribution in [0.3, 0.4) is 0 Å². The van der Waals surface area contributed by atoms with E-state index in [2.05, 4.69) is 19.2 Å². The molecule has 0 unspecified atom stereocenters. The van der Waals surface area contributed by atoms with Gasteiger partial charge in [-0.15, -0.1) is 0 Å². The van der Waals surface area contributed by atoms with Crippen LogP contribution < -0.4 is 5.32 Å². The quantitative estimate of drug-likeness (QED) is 0.618. The molecule has 0 radical (unpaired) electrons. The molecule has 1 N–H and O–H groups in total. The van der Waals surface area contributed by atoms with Gasteiger partial charge in [-0.25, -0.2) is 0 Å². The van der Waals surface area contributed by atoms with E-state index in [-0.39, 0.29) is 0 Å². The fourth-order valence-corrected chi connectivity index (χ4v) is 1.79. The van der Waals surface area contributed by atoms with E-state index in [1.165, 1.54) is 45.1 Å². The third kappa shape index (κ3) is 4.10. The lowest BCUT2D eigenvalue weighted by molar-refractivity contribution is 0.409. The molecule has 1 rings (SSSR count). The third-order valence-corrected chi connectivity index (χ3v) is 2.67. The number of rotatable bonds is 7. The highest BCUT2D eigenvalue weighted by Gasteiger charge is 2.21. The van der Waals surface area contributed by atoms with Gasteiger partial charge in [0.25, 0.3) is 0 Å². The van der Waals surface area contributed by atoms with Crippen LogP contribution in [0.4, 0.5) is 0 Å². The van der Waals surface area contributed by atoms with Crippen molar-refractivity contribution in [3.05, 3.63) is 0 Å². The summed E-state index contributed by atoms with van der Waals surface area (Å²) >= 11 is 0. The number of nitrogens with one attached hydrogen (secondary N) is 1. The van der Waals surface area contributed by atoms with Crippen LogP contribution in [-0.4, -0.2) is 12.6 Å². The summed E-state index contributed by atoms with van der Waals surface area (Å²) in [6.07, 6.45) is 8.35. The molecule has 1 saturated carbocycles. The minimum Gasteiger partial charge on any atom is -0.314 e. The molecule has 12 heavy (non-hydrogen) atoms. The van der Waals surface area contributed by atoms with Gasteiger partial charge in [0.15, 0.2) is 0 Å². The van der Waals surface area contributed by atoms with Crippen molar-refractivity contribution >= 4 is 0 Å². The summed E-state index contributed by atoms with van der Waals surface area (Å²) in [5.74, 6) is 0.945. The molecule has 1 aliphatic rings. The van der Waals surface area contributed by atoms with Crippen molar-refractivity contribution in [3.63, 3.8) is 0 Å². The van der Waals surface area contributed by atoms with E-state index in [4.69, 9.17) is 0 Å². The summed E-state index contributed by atoms with van der Waals surface area (Å²) < 4.78 is 0. The fourth-order valence-electron chi connectivity index (χ4n) is 1.79. The Morgan fingerprint density at radius 3 is 2.17 bits per heavy atom. The van der Waals surface area contributed by atoms with E-state index in [1.54, 1.807) is 0 Å². The van der Waals surface area contributed by atoms with Gasteiger partial charge in [-0.3, -0.25) is 0 Å². The van der Waals surface area contributed by atoms with Gasteiger partial charge in [0.2, 0.25) is 0 Å². The van der Waals surface area contributed by atoms with Crippen molar-refractivity contribution in [1.82, 2.24) is 5.32 Å². The molecule has 0 saturated heterocycles. The molecule has 0 aromatic heterocycles. The minimum absolute atomic E-state index is 0.890. The second kappa shape index (κ2) is 5.58. The topological polar surface area (TPSA) is 12.0 Å². The van der Waals surface area contributed by atoms with Crippen LogP contribution in [0.1, 0.15) is 52.4 Å². The molecule has 0 aliphatic heterocycles. The number of hydrogen-bond donors (Lipinski definition) is 1. The molecule has 72 valence electrons. The second-order valence-electron chi connectivity index (χ2n) is 4.13. The van der Waals surface area contributed by atoms with E-state index >= 15 is 0 Å². The van der Waals surface area contributed by atoms with Gasteiger partial charge in [-0.2, -0.15) is 0 Å². The lowest BCUT2D eigenvalue weighted by Gasteiger charge is -2.15. The molecule has 0 amide bonds. The van der Waals surface area contributed by atoms with Crippen molar-refractivity contribution in [2.45, 2.75) is 58.4 Å². The van der Waals surface area contributed by atoms with Gasteiger partial charge in [-0.05, 0) is 38.1 Å². The average molecular weight is 169 g/mol. The maximum absolute atomic E-state index is 3.63. The monoisotopic (exact) mass is 169 g/mol. The minimum atomic E-state index is 0.890. The Morgan fingerprint density at radius 1 is 1.17 bits per heavy atom. The predicted octanol–water partition coefficient (Wildman–Crippen LogP) is 2.95. The van der Waals surface area contributed by atoms with Crippen molar-refractivity contribution in [1.29, 1.82) is 0 Å². The van der Waals surface area contributed by atoms with Crippen molar-refractivity contribution in [2.75, 3.05) is 6.54 Å². The molecule has 1 heteroatoms. The summed E-state index contributed by atoms with van der Waals surface area (Å²) in [6, 6.07) is 0.890. The summed E-state index contributed by atoms with van der Waals surface area (Å²) in [7, 11) is 0. The van der Waals surface area contributed by atoms with Crippen molar-refractivity contribution in [3.8, 4) is 0 Å². The highest BCUT2D eigenvalue weighted by molar-refractivity contribution is 4.81. The highest BCUT2D eigenvalue weighted by Crippen LogP contribution is 2.20. The van der Waals surface area contributed by atoms with E-state index in [0.29, 0.717) is 0 Å². The molecule has 0 bridgehead atoms. The van der Waals surface area contributed by atoms with Crippen LogP contribution in [0.15, 0.2) is 0 Å². The van der Waals surface area contributed by atoms with Gasteiger partial charge >= 0.3 is 0 Å². The van der Waals surface area contributed by atoms with Crippen LogP contribution >= 0.6 is 0 Å². The van der Waals surface area contributed by atoms with Crippen LogP contribution in [0.25, 0.3) is 0 Å². The molecular formula is C11H23N.